The van der Waals surface area contributed by atoms with Crippen molar-refractivity contribution >= 4 is 5.69 Å². The fraction of sp³-hybridized carbons (Fsp3) is 0.200. The number of para-hydroxylation sites is 1. The van der Waals surface area contributed by atoms with Crippen LogP contribution in [0.4, 0.5) is 5.69 Å². The van der Waals surface area contributed by atoms with Gasteiger partial charge in [-0.3, -0.25) is 10.1 Å². The van der Waals surface area contributed by atoms with Crippen molar-refractivity contribution in [1.82, 2.24) is 9.78 Å². The third-order valence-corrected chi connectivity index (χ3v) is 2.34. The number of nitro groups is 1. The first-order valence-corrected chi connectivity index (χ1v) is 4.79. The summed E-state index contributed by atoms with van der Waals surface area (Å²) in [5.74, 6) is -0.705. The number of nitrogens with zero attached hydrogens (tertiary/aromatic N) is 3. The van der Waals surface area contributed by atoms with Crippen LogP contribution < -0.4 is 5.76 Å². The Bertz CT molecular complexity index is 641. The Morgan fingerprint density at radius 1 is 1.47 bits per heavy atom. The summed E-state index contributed by atoms with van der Waals surface area (Å²) >= 11 is 0. The second kappa shape index (κ2) is 3.85. The lowest BCUT2D eigenvalue weighted by Crippen LogP contribution is -2.09. The maximum Gasteiger partial charge on any atom is 0.437 e. The number of rotatable bonds is 2. The highest BCUT2D eigenvalue weighted by atomic mass is 16.6. The van der Waals surface area contributed by atoms with Crippen LogP contribution in [0.25, 0.3) is 11.5 Å². The Kier molecular flexibility index (Phi) is 2.51. The van der Waals surface area contributed by atoms with E-state index in [4.69, 9.17) is 4.42 Å². The predicted molar refractivity (Wildman–Crippen MR) is 58.6 cm³/mol. The highest BCUT2D eigenvalue weighted by Gasteiger charge is 2.22. The van der Waals surface area contributed by atoms with Crippen LogP contribution in [-0.2, 0) is 7.05 Å². The van der Waals surface area contributed by atoms with Gasteiger partial charge in [0, 0.05) is 12.6 Å². The van der Waals surface area contributed by atoms with E-state index in [0.29, 0.717) is 5.56 Å². The normalized spacial score (nSPS) is 10.5. The van der Waals surface area contributed by atoms with Gasteiger partial charge in [-0.2, -0.15) is 4.68 Å². The van der Waals surface area contributed by atoms with Gasteiger partial charge in [-0.05, 0) is 13.0 Å². The van der Waals surface area contributed by atoms with Gasteiger partial charge in [0.2, 0.25) is 0 Å². The minimum Gasteiger partial charge on any atom is -0.387 e. The van der Waals surface area contributed by atoms with E-state index in [2.05, 4.69) is 5.10 Å². The summed E-state index contributed by atoms with van der Waals surface area (Å²) in [7, 11) is 1.41. The fourth-order valence-corrected chi connectivity index (χ4v) is 1.53. The van der Waals surface area contributed by atoms with E-state index in [1.165, 1.54) is 13.1 Å². The first-order chi connectivity index (χ1) is 8.00. The lowest BCUT2D eigenvalue weighted by atomic mass is 10.1. The van der Waals surface area contributed by atoms with Crippen LogP contribution in [0, 0.1) is 17.0 Å². The van der Waals surface area contributed by atoms with Crippen LogP contribution in [-0.4, -0.2) is 14.7 Å². The van der Waals surface area contributed by atoms with Gasteiger partial charge in [-0.15, -0.1) is 5.10 Å². The van der Waals surface area contributed by atoms with Gasteiger partial charge in [0.25, 0.3) is 11.6 Å². The third-order valence-electron chi connectivity index (χ3n) is 2.34. The average Bonchev–Trinajstić information content (AvgIpc) is 2.58. The molecule has 0 amide bonds. The molecule has 7 heteroatoms. The monoisotopic (exact) mass is 235 g/mol. The topological polar surface area (TPSA) is 91.2 Å². The molecule has 0 spiro atoms. The highest BCUT2D eigenvalue weighted by Crippen LogP contribution is 2.30. The zero-order valence-corrected chi connectivity index (χ0v) is 9.21. The van der Waals surface area contributed by atoms with Crippen molar-refractivity contribution in [2.24, 2.45) is 7.05 Å². The summed E-state index contributed by atoms with van der Waals surface area (Å²) in [5, 5.41) is 14.8. The molecule has 0 aliphatic heterocycles. The van der Waals surface area contributed by atoms with Crippen molar-refractivity contribution in [3.63, 3.8) is 0 Å². The number of benzene rings is 1. The Morgan fingerprint density at radius 2 is 2.18 bits per heavy atom. The van der Waals surface area contributed by atoms with E-state index in [1.54, 1.807) is 19.1 Å². The van der Waals surface area contributed by atoms with Crippen LogP contribution in [0.2, 0.25) is 0 Å². The third kappa shape index (κ3) is 1.82. The summed E-state index contributed by atoms with van der Waals surface area (Å²) in [6.07, 6.45) is 0. The zero-order valence-electron chi connectivity index (χ0n) is 9.21. The second-order valence-electron chi connectivity index (χ2n) is 3.52. The molecule has 0 unspecified atom stereocenters. The number of hydrogen-bond acceptors (Lipinski definition) is 5. The Hall–Kier alpha value is -2.44. The molecule has 0 atom stereocenters. The van der Waals surface area contributed by atoms with Crippen LogP contribution in [0.15, 0.2) is 27.4 Å². The molecular weight excluding hydrogens is 226 g/mol. The van der Waals surface area contributed by atoms with Gasteiger partial charge in [0.1, 0.15) is 5.56 Å². The lowest BCUT2D eigenvalue weighted by molar-refractivity contribution is -0.384. The molecule has 0 saturated heterocycles. The molecule has 1 aromatic carbocycles. The molecule has 88 valence electrons. The molecule has 0 radical (unpaired) electrons. The van der Waals surface area contributed by atoms with Crippen LogP contribution >= 0.6 is 0 Å². The van der Waals surface area contributed by atoms with Gasteiger partial charge in [0.05, 0.1) is 4.92 Å². The quantitative estimate of drug-likeness (QED) is 0.577. The SMILES string of the molecule is Cc1cccc(-c2nn(C)c(=O)o2)c1[N+](=O)[O-]. The van der Waals surface area contributed by atoms with Gasteiger partial charge in [-0.25, -0.2) is 4.79 Å². The molecule has 0 bridgehead atoms. The molecule has 2 rings (SSSR count). The van der Waals surface area contributed by atoms with E-state index in [0.717, 1.165) is 4.68 Å². The van der Waals surface area contributed by atoms with Crippen molar-refractivity contribution in [2.75, 3.05) is 0 Å². The molecule has 2 aromatic rings. The molecule has 0 N–H and O–H groups in total. The first kappa shape index (κ1) is 11.1. The van der Waals surface area contributed by atoms with Crippen LogP contribution in [0.1, 0.15) is 5.56 Å². The number of hydrogen-bond donors (Lipinski definition) is 0. The number of aromatic nitrogens is 2. The Balaban J connectivity index is 2.71. The van der Waals surface area contributed by atoms with Crippen molar-refractivity contribution in [3.05, 3.63) is 44.4 Å². The molecule has 0 aliphatic rings. The van der Waals surface area contributed by atoms with Crippen molar-refractivity contribution in [1.29, 1.82) is 0 Å². The van der Waals surface area contributed by atoms with Gasteiger partial charge >= 0.3 is 5.76 Å². The summed E-state index contributed by atoms with van der Waals surface area (Å²) < 4.78 is 5.83. The summed E-state index contributed by atoms with van der Waals surface area (Å²) in [6.45, 7) is 1.61. The molecule has 17 heavy (non-hydrogen) atoms. The van der Waals surface area contributed by atoms with Crippen molar-refractivity contribution < 1.29 is 9.34 Å². The van der Waals surface area contributed by atoms with Crippen molar-refractivity contribution in [2.45, 2.75) is 6.92 Å². The van der Waals surface area contributed by atoms with E-state index >= 15 is 0 Å². The predicted octanol–water partition coefficient (Wildman–Crippen LogP) is 1.26. The number of aryl methyl sites for hydroxylation is 2. The van der Waals surface area contributed by atoms with E-state index in [1.807, 2.05) is 0 Å². The minimum absolute atomic E-state index is 0.0482. The smallest absolute Gasteiger partial charge is 0.387 e. The lowest BCUT2D eigenvalue weighted by Gasteiger charge is -2.00. The molecule has 0 fully saturated rings. The van der Waals surface area contributed by atoms with Gasteiger partial charge in [0.15, 0.2) is 0 Å². The molecule has 1 aromatic heterocycles. The standard InChI is InChI=1S/C10H9N3O4/c1-6-4-3-5-7(8(6)13(15)16)9-11-12(2)10(14)17-9/h3-5H,1-2H3. The molecular formula is C10H9N3O4. The molecule has 1 heterocycles. The largest absolute Gasteiger partial charge is 0.437 e. The maximum atomic E-state index is 11.1. The molecule has 7 nitrogen and oxygen atoms in total. The van der Waals surface area contributed by atoms with Crippen LogP contribution in [0.5, 0.6) is 0 Å². The summed E-state index contributed by atoms with van der Waals surface area (Å²) in [5.41, 5.74) is 0.586. The summed E-state index contributed by atoms with van der Waals surface area (Å²) in [6, 6.07) is 4.76. The van der Waals surface area contributed by atoms with Gasteiger partial charge in [-0.1, -0.05) is 12.1 Å². The minimum atomic E-state index is -0.657. The van der Waals surface area contributed by atoms with Gasteiger partial charge < -0.3 is 4.42 Å². The molecule has 0 saturated carbocycles. The Labute approximate surface area is 95.4 Å². The van der Waals surface area contributed by atoms with Crippen LogP contribution in [0.3, 0.4) is 0 Å². The van der Waals surface area contributed by atoms with E-state index < -0.39 is 10.7 Å². The average molecular weight is 235 g/mol. The summed E-state index contributed by atoms with van der Waals surface area (Å²) in [4.78, 5) is 21.6. The van der Waals surface area contributed by atoms with E-state index in [9.17, 15) is 14.9 Å². The second-order valence-corrected chi connectivity index (χ2v) is 3.52. The molecule has 0 aliphatic carbocycles. The number of nitro benzene ring substituents is 1. The fourth-order valence-electron chi connectivity index (χ4n) is 1.53. The van der Waals surface area contributed by atoms with Crippen molar-refractivity contribution in [3.8, 4) is 11.5 Å². The first-order valence-electron chi connectivity index (χ1n) is 4.79. The Morgan fingerprint density at radius 3 is 2.71 bits per heavy atom. The zero-order chi connectivity index (χ0) is 12.6. The highest BCUT2D eigenvalue weighted by molar-refractivity contribution is 5.69. The maximum absolute atomic E-state index is 11.1. The van der Waals surface area contributed by atoms with E-state index in [-0.39, 0.29) is 17.1 Å².